The fraction of sp³-hybridized carbons (Fsp3) is 0.417. The third kappa shape index (κ3) is 3.38. The number of hydrogen-bond donors (Lipinski definition) is 3. The predicted octanol–water partition coefficient (Wildman–Crippen LogP) is 1.20. The lowest BCUT2D eigenvalue weighted by Gasteiger charge is -2.31. The van der Waals surface area contributed by atoms with Crippen molar-refractivity contribution >= 4 is 31.9 Å². The highest BCUT2D eigenvalue weighted by Gasteiger charge is 2.29. The number of carboxylic acid groups (broad SMARTS) is 1. The lowest BCUT2D eigenvalue weighted by atomic mass is 9.83. The molecule has 20 heavy (non-hydrogen) atoms. The van der Waals surface area contributed by atoms with Crippen LogP contribution in [0, 0.1) is 5.92 Å². The molecule has 0 amide bonds. The number of halogens is 1. The van der Waals surface area contributed by atoms with E-state index in [0.29, 0.717) is 12.8 Å². The molecular formula is C12H14BrNO5S. The van der Waals surface area contributed by atoms with Gasteiger partial charge in [0.15, 0.2) is 0 Å². The molecule has 2 rings (SSSR count). The second-order valence-corrected chi connectivity index (χ2v) is 7.38. The van der Waals surface area contributed by atoms with Crippen molar-refractivity contribution in [3.05, 3.63) is 28.2 Å². The molecule has 110 valence electrons. The largest absolute Gasteiger partial charge is 0.478 e. The summed E-state index contributed by atoms with van der Waals surface area (Å²) in [6, 6.07) is 3.75. The van der Waals surface area contributed by atoms with Crippen LogP contribution < -0.4 is 4.72 Å². The summed E-state index contributed by atoms with van der Waals surface area (Å²) in [5, 5.41) is 18.0. The number of rotatable bonds is 5. The van der Waals surface area contributed by atoms with Crippen LogP contribution in [0.3, 0.4) is 0 Å². The standard InChI is InChI=1S/C12H14BrNO5S/c13-10-5-8(12(16)17)1-2-11(10)20(18,19)14-6-7-3-9(15)4-7/h1-2,5,7,9,14-15H,3-4,6H2,(H,16,17). The van der Waals surface area contributed by atoms with Crippen LogP contribution in [-0.2, 0) is 10.0 Å². The van der Waals surface area contributed by atoms with Crippen LogP contribution in [0.1, 0.15) is 23.2 Å². The van der Waals surface area contributed by atoms with Crippen molar-refractivity contribution in [1.82, 2.24) is 4.72 Å². The fourth-order valence-corrected chi connectivity index (χ4v) is 4.22. The van der Waals surface area contributed by atoms with Gasteiger partial charge in [0.2, 0.25) is 10.0 Å². The molecule has 0 aromatic heterocycles. The first kappa shape index (κ1) is 15.4. The molecule has 1 aromatic carbocycles. The number of carbonyl (C=O) groups is 1. The second-order valence-electron chi connectivity index (χ2n) is 4.79. The van der Waals surface area contributed by atoms with Crippen molar-refractivity contribution in [2.24, 2.45) is 5.92 Å². The van der Waals surface area contributed by atoms with Crippen LogP contribution in [0.5, 0.6) is 0 Å². The maximum Gasteiger partial charge on any atom is 0.335 e. The second kappa shape index (κ2) is 5.80. The van der Waals surface area contributed by atoms with Crippen LogP contribution in [0.2, 0.25) is 0 Å². The zero-order valence-corrected chi connectivity index (χ0v) is 12.8. The Labute approximate surface area is 125 Å². The van der Waals surface area contributed by atoms with E-state index in [4.69, 9.17) is 10.2 Å². The summed E-state index contributed by atoms with van der Waals surface area (Å²) in [5.74, 6) is -0.970. The summed E-state index contributed by atoms with van der Waals surface area (Å²) in [5.41, 5.74) is 0.0120. The molecule has 1 aliphatic rings. The number of carboxylic acids is 1. The number of sulfonamides is 1. The average molecular weight is 364 g/mol. The first-order valence-electron chi connectivity index (χ1n) is 6.00. The van der Waals surface area contributed by atoms with E-state index < -0.39 is 16.0 Å². The number of nitrogens with one attached hydrogen (secondary N) is 1. The number of hydrogen-bond acceptors (Lipinski definition) is 4. The van der Waals surface area contributed by atoms with Crippen LogP contribution in [-0.4, -0.2) is 37.2 Å². The van der Waals surface area contributed by atoms with Crippen molar-refractivity contribution in [3.8, 4) is 0 Å². The lowest BCUT2D eigenvalue weighted by molar-refractivity contribution is 0.0453. The van der Waals surface area contributed by atoms with Gasteiger partial charge in [-0.05, 0) is 52.9 Å². The summed E-state index contributed by atoms with van der Waals surface area (Å²) >= 11 is 3.08. The summed E-state index contributed by atoms with van der Waals surface area (Å²) in [7, 11) is -3.69. The van der Waals surface area contributed by atoms with Crippen LogP contribution >= 0.6 is 15.9 Å². The van der Waals surface area contributed by atoms with E-state index in [1.807, 2.05) is 0 Å². The molecule has 1 fully saturated rings. The first-order valence-corrected chi connectivity index (χ1v) is 8.28. The Hall–Kier alpha value is -0.960. The van der Waals surface area contributed by atoms with Gasteiger partial charge >= 0.3 is 5.97 Å². The Morgan fingerprint density at radius 2 is 2.05 bits per heavy atom. The van der Waals surface area contributed by atoms with E-state index in [9.17, 15) is 13.2 Å². The van der Waals surface area contributed by atoms with Crippen molar-refractivity contribution in [2.45, 2.75) is 23.8 Å². The molecule has 1 aromatic rings. The van der Waals surface area contributed by atoms with Gasteiger partial charge in [-0.15, -0.1) is 0 Å². The Kier molecular flexibility index (Phi) is 4.48. The molecule has 0 radical (unpaired) electrons. The first-order chi connectivity index (χ1) is 9.29. The molecule has 1 saturated carbocycles. The Bertz CT molecular complexity index is 625. The average Bonchev–Trinajstić information content (AvgIpc) is 2.32. The number of benzene rings is 1. The SMILES string of the molecule is O=C(O)c1ccc(S(=O)(=O)NCC2CC(O)C2)c(Br)c1. The van der Waals surface area contributed by atoms with Crippen LogP contribution in [0.15, 0.2) is 27.6 Å². The van der Waals surface area contributed by atoms with Gasteiger partial charge in [0, 0.05) is 11.0 Å². The molecule has 0 heterocycles. The van der Waals surface area contributed by atoms with Crippen LogP contribution in [0.4, 0.5) is 0 Å². The minimum absolute atomic E-state index is 0.00220. The molecule has 0 spiro atoms. The van der Waals surface area contributed by atoms with Gasteiger partial charge in [-0.3, -0.25) is 0 Å². The normalized spacial score (nSPS) is 22.3. The third-order valence-electron chi connectivity index (χ3n) is 3.24. The van der Waals surface area contributed by atoms with E-state index in [2.05, 4.69) is 20.7 Å². The van der Waals surface area contributed by atoms with Crippen LogP contribution in [0.25, 0.3) is 0 Å². The molecule has 1 aliphatic carbocycles. The van der Waals surface area contributed by atoms with E-state index in [0.717, 1.165) is 0 Å². The number of aliphatic hydroxyl groups is 1. The van der Waals surface area contributed by atoms with Crippen molar-refractivity contribution in [2.75, 3.05) is 6.54 Å². The highest BCUT2D eigenvalue weighted by Crippen LogP contribution is 2.28. The molecule has 8 heteroatoms. The number of aromatic carboxylic acids is 1. The number of aliphatic hydroxyl groups excluding tert-OH is 1. The van der Waals surface area contributed by atoms with Crippen molar-refractivity contribution in [1.29, 1.82) is 0 Å². The van der Waals surface area contributed by atoms with E-state index in [1.165, 1.54) is 18.2 Å². The Morgan fingerprint density at radius 1 is 1.40 bits per heavy atom. The van der Waals surface area contributed by atoms with Gasteiger partial charge in [0.05, 0.1) is 16.6 Å². The molecule has 0 atom stereocenters. The van der Waals surface area contributed by atoms with Gasteiger partial charge < -0.3 is 10.2 Å². The molecule has 0 aliphatic heterocycles. The van der Waals surface area contributed by atoms with Crippen molar-refractivity contribution < 1.29 is 23.4 Å². The zero-order valence-electron chi connectivity index (χ0n) is 10.4. The lowest BCUT2D eigenvalue weighted by Crippen LogP contribution is -2.38. The minimum atomic E-state index is -3.69. The monoisotopic (exact) mass is 363 g/mol. The summed E-state index contributed by atoms with van der Waals surface area (Å²) in [4.78, 5) is 10.8. The Balaban J connectivity index is 2.11. The summed E-state index contributed by atoms with van der Waals surface area (Å²) < 4.78 is 26.9. The van der Waals surface area contributed by atoms with Gasteiger partial charge in [0.1, 0.15) is 0 Å². The van der Waals surface area contributed by atoms with Gasteiger partial charge in [-0.25, -0.2) is 17.9 Å². The van der Waals surface area contributed by atoms with Gasteiger partial charge in [-0.1, -0.05) is 0 Å². The maximum atomic E-state index is 12.1. The highest BCUT2D eigenvalue weighted by molar-refractivity contribution is 9.10. The quantitative estimate of drug-likeness (QED) is 0.728. The molecular weight excluding hydrogens is 350 g/mol. The van der Waals surface area contributed by atoms with E-state index in [-0.39, 0.29) is 33.5 Å². The summed E-state index contributed by atoms with van der Waals surface area (Å²) in [6.45, 7) is 0.270. The van der Waals surface area contributed by atoms with Gasteiger partial charge in [-0.2, -0.15) is 0 Å². The molecule has 0 unspecified atom stereocenters. The predicted molar refractivity (Wildman–Crippen MR) is 75.0 cm³/mol. The van der Waals surface area contributed by atoms with E-state index >= 15 is 0 Å². The van der Waals surface area contributed by atoms with Crippen molar-refractivity contribution in [3.63, 3.8) is 0 Å². The molecule has 6 nitrogen and oxygen atoms in total. The highest BCUT2D eigenvalue weighted by atomic mass is 79.9. The zero-order chi connectivity index (χ0) is 14.9. The minimum Gasteiger partial charge on any atom is -0.478 e. The van der Waals surface area contributed by atoms with E-state index in [1.54, 1.807) is 0 Å². The third-order valence-corrected chi connectivity index (χ3v) is 5.64. The fourth-order valence-electron chi connectivity index (χ4n) is 2.02. The Morgan fingerprint density at radius 3 is 2.55 bits per heavy atom. The molecule has 0 saturated heterocycles. The smallest absolute Gasteiger partial charge is 0.335 e. The molecule has 0 bridgehead atoms. The molecule has 3 N–H and O–H groups in total. The maximum absolute atomic E-state index is 12.1. The van der Waals surface area contributed by atoms with Gasteiger partial charge in [0.25, 0.3) is 0 Å². The summed E-state index contributed by atoms with van der Waals surface area (Å²) in [6.07, 6.45) is 0.870. The topological polar surface area (TPSA) is 104 Å².